The molecule has 2 N–H and O–H groups in total. The first-order valence-corrected chi connectivity index (χ1v) is 11.4. The maximum atomic E-state index is 13.6. The summed E-state index contributed by atoms with van der Waals surface area (Å²) in [5, 5.41) is 18.4. The molecule has 35 heavy (non-hydrogen) atoms. The fourth-order valence-electron chi connectivity index (χ4n) is 3.44. The maximum absolute atomic E-state index is 13.6. The second kappa shape index (κ2) is 13.0. The number of benzene rings is 1. The van der Waals surface area contributed by atoms with Crippen molar-refractivity contribution in [1.82, 2.24) is 20.1 Å². The van der Waals surface area contributed by atoms with Crippen LogP contribution in [0.15, 0.2) is 78.5 Å². The lowest BCUT2D eigenvalue weighted by atomic mass is 10.0. The molecule has 0 saturated carbocycles. The van der Waals surface area contributed by atoms with Crippen molar-refractivity contribution < 1.29 is 9.18 Å². The van der Waals surface area contributed by atoms with Gasteiger partial charge in [0.15, 0.2) is 0 Å². The zero-order chi connectivity index (χ0) is 25.0. The number of amides is 1. The van der Waals surface area contributed by atoms with Crippen molar-refractivity contribution in [1.29, 1.82) is 5.26 Å². The van der Waals surface area contributed by atoms with Crippen LogP contribution >= 0.6 is 0 Å². The molecule has 1 amide bonds. The molecule has 0 aliphatic heterocycles. The number of anilines is 1. The number of nitriles is 1. The van der Waals surface area contributed by atoms with Gasteiger partial charge in [0.25, 0.3) is 0 Å². The molecule has 0 saturated heterocycles. The molecule has 7 nitrogen and oxygen atoms in total. The van der Waals surface area contributed by atoms with E-state index in [1.807, 2.05) is 50.6 Å². The van der Waals surface area contributed by atoms with Gasteiger partial charge in [-0.3, -0.25) is 9.48 Å². The van der Waals surface area contributed by atoms with E-state index in [1.165, 1.54) is 11.6 Å². The van der Waals surface area contributed by atoms with E-state index in [4.69, 9.17) is 5.26 Å². The Kier molecular flexibility index (Phi) is 9.46. The number of allylic oxidation sites excluding steroid dienone is 3. The Bertz CT molecular complexity index is 1220. The first kappa shape index (κ1) is 25.5. The van der Waals surface area contributed by atoms with Gasteiger partial charge in [-0.1, -0.05) is 18.2 Å². The minimum Gasteiger partial charge on any atom is -0.319 e. The van der Waals surface area contributed by atoms with Crippen LogP contribution < -0.4 is 10.6 Å². The largest absolute Gasteiger partial charge is 0.319 e. The molecule has 180 valence electrons. The molecule has 8 heteroatoms. The van der Waals surface area contributed by atoms with Crippen LogP contribution in [0.1, 0.15) is 30.4 Å². The van der Waals surface area contributed by atoms with Gasteiger partial charge in [-0.2, -0.15) is 10.4 Å². The van der Waals surface area contributed by atoms with Gasteiger partial charge in [-0.15, -0.1) is 0 Å². The summed E-state index contributed by atoms with van der Waals surface area (Å²) >= 11 is 0. The lowest BCUT2D eigenvalue weighted by Gasteiger charge is -2.10. The summed E-state index contributed by atoms with van der Waals surface area (Å²) < 4.78 is 15.3. The highest BCUT2D eigenvalue weighted by Crippen LogP contribution is 2.23. The average Bonchev–Trinajstić information content (AvgIpc) is 3.31. The number of hydrogen-bond acceptors (Lipinski definition) is 5. The van der Waals surface area contributed by atoms with E-state index in [0.29, 0.717) is 17.8 Å². The molecule has 0 atom stereocenters. The summed E-state index contributed by atoms with van der Waals surface area (Å²) in [6.07, 6.45) is 11.1. The highest BCUT2D eigenvalue weighted by molar-refractivity contribution is 5.92. The van der Waals surface area contributed by atoms with Gasteiger partial charge in [0.05, 0.1) is 24.3 Å². The van der Waals surface area contributed by atoms with Crippen molar-refractivity contribution in [2.24, 2.45) is 7.05 Å². The Morgan fingerprint density at radius 3 is 2.49 bits per heavy atom. The van der Waals surface area contributed by atoms with E-state index >= 15 is 0 Å². The number of aryl methyl sites for hydroxylation is 1. The van der Waals surface area contributed by atoms with Gasteiger partial charge >= 0.3 is 0 Å². The summed E-state index contributed by atoms with van der Waals surface area (Å²) in [5.74, 6) is -0.127. The van der Waals surface area contributed by atoms with Crippen molar-refractivity contribution >= 4 is 11.7 Å². The van der Waals surface area contributed by atoms with Crippen LogP contribution in [-0.4, -0.2) is 34.3 Å². The van der Waals surface area contributed by atoms with Crippen LogP contribution in [-0.2, 0) is 18.3 Å². The molecule has 0 spiro atoms. The average molecular weight is 473 g/mol. The second-order valence-corrected chi connectivity index (χ2v) is 8.08. The molecule has 0 fully saturated rings. The molecule has 0 radical (unpaired) electrons. The van der Waals surface area contributed by atoms with Crippen LogP contribution in [0, 0.1) is 11.3 Å². The van der Waals surface area contributed by atoms with E-state index in [0.717, 1.165) is 36.1 Å². The molecular weight excluding hydrogens is 443 g/mol. The summed E-state index contributed by atoms with van der Waals surface area (Å²) in [5.41, 5.74) is 4.31. The van der Waals surface area contributed by atoms with Crippen molar-refractivity contribution in [2.45, 2.75) is 25.7 Å². The van der Waals surface area contributed by atoms with E-state index in [2.05, 4.69) is 26.8 Å². The first-order valence-electron chi connectivity index (χ1n) is 11.4. The number of carbonyl (C=O) groups is 1. The quantitative estimate of drug-likeness (QED) is 0.520. The van der Waals surface area contributed by atoms with Crippen LogP contribution in [0.3, 0.4) is 0 Å². The molecular formula is C27H29FN6O. The normalized spacial score (nSPS) is 12.5. The van der Waals surface area contributed by atoms with Crippen molar-refractivity contribution in [2.75, 3.05) is 18.9 Å². The number of halogens is 1. The smallest absolute Gasteiger partial charge is 0.230 e. The molecule has 1 aliphatic rings. The van der Waals surface area contributed by atoms with Gasteiger partial charge in [-0.25, -0.2) is 9.37 Å². The highest BCUT2D eigenvalue weighted by atomic mass is 19.1. The summed E-state index contributed by atoms with van der Waals surface area (Å²) in [4.78, 5) is 16.2. The molecule has 1 aromatic carbocycles. The highest BCUT2D eigenvalue weighted by Gasteiger charge is 2.13. The van der Waals surface area contributed by atoms with E-state index in [-0.39, 0.29) is 18.2 Å². The fraction of sp³-hybridized carbons (Fsp3) is 0.259. The summed E-state index contributed by atoms with van der Waals surface area (Å²) in [7, 11) is 3.78. The molecule has 0 unspecified atom stereocenters. The standard InChI is InChI=1S/C17H17FN4O.C10H12N2/c1-22-11-14(10-20-22)13-6-7-16(19-9-13)21-17(23)8-12-4-2-3-5-15(12)18;1-12-7-6-9-2-4-10(8-11)5-3-9/h4-7,9-11H,2-3,8H2,1H3,(H,19,21,23);2-5,12H,6-7H2,1H3. The van der Waals surface area contributed by atoms with Crippen LogP contribution in [0.5, 0.6) is 0 Å². The molecule has 3 aromatic rings. The van der Waals surface area contributed by atoms with Gasteiger partial charge in [0, 0.05) is 30.6 Å². The van der Waals surface area contributed by atoms with Crippen LogP contribution in [0.4, 0.5) is 10.2 Å². The predicted molar refractivity (Wildman–Crippen MR) is 135 cm³/mol. The van der Waals surface area contributed by atoms with Crippen molar-refractivity contribution in [3.05, 3.63) is 89.7 Å². The number of rotatable bonds is 7. The summed E-state index contributed by atoms with van der Waals surface area (Å²) in [6, 6.07) is 13.4. The topological polar surface area (TPSA) is 95.6 Å². The number of likely N-dealkylation sites (N-methyl/N-ethyl adjacent to an activating group) is 1. The van der Waals surface area contributed by atoms with Gasteiger partial charge < -0.3 is 10.6 Å². The summed E-state index contributed by atoms with van der Waals surface area (Å²) in [6.45, 7) is 0.978. The van der Waals surface area contributed by atoms with Gasteiger partial charge in [-0.05, 0) is 74.3 Å². The predicted octanol–water partition coefficient (Wildman–Crippen LogP) is 4.70. The molecule has 2 heterocycles. The van der Waals surface area contributed by atoms with Gasteiger partial charge in [0.1, 0.15) is 11.6 Å². The zero-order valence-corrected chi connectivity index (χ0v) is 20.0. The van der Waals surface area contributed by atoms with E-state index in [9.17, 15) is 9.18 Å². The fourth-order valence-corrected chi connectivity index (χ4v) is 3.44. The monoisotopic (exact) mass is 472 g/mol. The van der Waals surface area contributed by atoms with Gasteiger partial charge in [0.2, 0.25) is 5.91 Å². The number of nitrogens with one attached hydrogen (secondary N) is 2. The molecule has 1 aliphatic carbocycles. The Balaban J connectivity index is 0.000000241. The maximum Gasteiger partial charge on any atom is 0.230 e. The lowest BCUT2D eigenvalue weighted by molar-refractivity contribution is -0.115. The molecule has 0 bridgehead atoms. The third kappa shape index (κ3) is 8.02. The molecule has 4 rings (SSSR count). The third-order valence-electron chi connectivity index (χ3n) is 5.35. The number of nitrogens with zero attached hydrogens (tertiary/aromatic N) is 4. The zero-order valence-electron chi connectivity index (χ0n) is 20.0. The van der Waals surface area contributed by atoms with E-state index < -0.39 is 0 Å². The number of hydrogen-bond donors (Lipinski definition) is 2. The van der Waals surface area contributed by atoms with Crippen molar-refractivity contribution in [3.8, 4) is 17.2 Å². The number of carbonyl (C=O) groups excluding carboxylic acids is 1. The SMILES string of the molecule is CNCCc1ccc(C#N)cc1.Cn1cc(-c2ccc(NC(=O)CC3=CCCC=C3F)nc2)cn1. The number of pyridine rings is 1. The minimum atomic E-state index is -0.300. The Hall–Kier alpha value is -4.09. The Morgan fingerprint density at radius 1 is 1.11 bits per heavy atom. The molecule has 2 aromatic heterocycles. The number of aromatic nitrogens is 3. The third-order valence-corrected chi connectivity index (χ3v) is 5.35. The van der Waals surface area contributed by atoms with Crippen molar-refractivity contribution in [3.63, 3.8) is 0 Å². The second-order valence-electron chi connectivity index (χ2n) is 8.08. The Labute approximate surface area is 205 Å². The lowest BCUT2D eigenvalue weighted by Crippen LogP contribution is -2.14. The first-order chi connectivity index (χ1) is 17.0. The van der Waals surface area contributed by atoms with E-state index in [1.54, 1.807) is 29.2 Å². The van der Waals surface area contributed by atoms with Crippen LogP contribution in [0.25, 0.3) is 11.1 Å². The minimum absolute atomic E-state index is 0.0222. The Morgan fingerprint density at radius 2 is 1.89 bits per heavy atom. The van der Waals surface area contributed by atoms with Crippen LogP contribution in [0.2, 0.25) is 0 Å².